The molecule has 1 nitrogen and oxygen atoms in total. The molecule has 1 radical (unpaired) electrons. The van der Waals surface area contributed by atoms with Crippen molar-refractivity contribution in [3.8, 4) is 0 Å². The maximum Gasteiger partial charge on any atom is 0.326 e. The summed E-state index contributed by atoms with van der Waals surface area (Å²) >= 11 is 0. The van der Waals surface area contributed by atoms with Crippen LogP contribution in [0.15, 0.2) is 24.3 Å². The zero-order chi connectivity index (χ0) is 8.27. The Labute approximate surface area is 68.3 Å². The Hall–Kier alpha value is -0.755. The van der Waals surface area contributed by atoms with E-state index in [1.807, 2.05) is 18.2 Å². The molecule has 0 saturated heterocycles. The number of benzene rings is 1. The van der Waals surface area contributed by atoms with E-state index in [0.29, 0.717) is 5.92 Å². The average molecular weight is 147 g/mol. The highest BCUT2D eigenvalue weighted by molar-refractivity contribution is 6.45. The van der Waals surface area contributed by atoms with E-state index >= 15 is 0 Å². The standard InChI is InChI=1S/C9H12BO/c1-7(2)8-4-3-5-9(6-8)10-11/h3-7,11H,1-2H3. The van der Waals surface area contributed by atoms with Gasteiger partial charge in [-0.1, -0.05) is 43.6 Å². The largest absolute Gasteiger partial charge is 0.450 e. The van der Waals surface area contributed by atoms with E-state index in [1.54, 1.807) is 0 Å². The number of rotatable bonds is 2. The van der Waals surface area contributed by atoms with Gasteiger partial charge < -0.3 is 5.02 Å². The molecule has 1 N–H and O–H groups in total. The van der Waals surface area contributed by atoms with E-state index in [9.17, 15) is 0 Å². The van der Waals surface area contributed by atoms with Crippen LogP contribution in [0.4, 0.5) is 0 Å². The first kappa shape index (κ1) is 8.34. The highest BCUT2D eigenvalue weighted by Gasteiger charge is 1.99. The molecule has 57 valence electrons. The second-order valence-corrected chi connectivity index (χ2v) is 2.95. The third kappa shape index (κ3) is 2.09. The van der Waals surface area contributed by atoms with Gasteiger partial charge in [-0.15, -0.1) is 0 Å². The quantitative estimate of drug-likeness (QED) is 0.619. The van der Waals surface area contributed by atoms with Crippen LogP contribution in [0, 0.1) is 0 Å². The van der Waals surface area contributed by atoms with Crippen LogP contribution in [0.3, 0.4) is 0 Å². The van der Waals surface area contributed by atoms with Crippen LogP contribution in [0.2, 0.25) is 0 Å². The molecule has 0 aliphatic carbocycles. The van der Waals surface area contributed by atoms with Gasteiger partial charge in [0.15, 0.2) is 0 Å². The van der Waals surface area contributed by atoms with Crippen molar-refractivity contribution in [2.24, 2.45) is 0 Å². The van der Waals surface area contributed by atoms with Crippen molar-refractivity contribution in [1.29, 1.82) is 0 Å². The molecular weight excluding hydrogens is 135 g/mol. The SMILES string of the molecule is CC(C)c1cccc([B]O)c1. The van der Waals surface area contributed by atoms with Gasteiger partial charge in [-0.2, -0.15) is 0 Å². The van der Waals surface area contributed by atoms with Crippen molar-refractivity contribution in [3.63, 3.8) is 0 Å². The predicted octanol–water partition coefficient (Wildman–Crippen LogP) is 1.05. The summed E-state index contributed by atoms with van der Waals surface area (Å²) in [6.07, 6.45) is 0. The molecule has 0 aromatic heterocycles. The fraction of sp³-hybridized carbons (Fsp3) is 0.333. The maximum absolute atomic E-state index is 8.72. The van der Waals surface area contributed by atoms with Gasteiger partial charge >= 0.3 is 7.48 Å². The summed E-state index contributed by atoms with van der Waals surface area (Å²) in [7, 11) is 1.13. The Kier molecular flexibility index (Phi) is 2.72. The summed E-state index contributed by atoms with van der Waals surface area (Å²) in [5.74, 6) is 0.523. The molecule has 0 fully saturated rings. The van der Waals surface area contributed by atoms with Crippen LogP contribution in [0.1, 0.15) is 25.3 Å². The van der Waals surface area contributed by atoms with Gasteiger partial charge in [-0.3, -0.25) is 0 Å². The van der Waals surface area contributed by atoms with Crippen LogP contribution in [-0.2, 0) is 0 Å². The molecule has 0 spiro atoms. The second-order valence-electron chi connectivity index (χ2n) is 2.95. The van der Waals surface area contributed by atoms with Gasteiger partial charge in [0.05, 0.1) is 0 Å². The number of hydrogen-bond donors (Lipinski definition) is 1. The van der Waals surface area contributed by atoms with Crippen molar-refractivity contribution < 1.29 is 5.02 Å². The third-order valence-corrected chi connectivity index (χ3v) is 1.73. The summed E-state index contributed by atoms with van der Waals surface area (Å²) in [6.45, 7) is 4.27. The topological polar surface area (TPSA) is 20.2 Å². The van der Waals surface area contributed by atoms with Crippen molar-refractivity contribution >= 4 is 12.9 Å². The lowest BCUT2D eigenvalue weighted by Crippen LogP contribution is -2.13. The van der Waals surface area contributed by atoms with Crippen molar-refractivity contribution in [2.75, 3.05) is 0 Å². The fourth-order valence-electron chi connectivity index (χ4n) is 0.998. The highest BCUT2D eigenvalue weighted by atomic mass is 16.2. The summed E-state index contributed by atoms with van der Waals surface area (Å²) in [5.41, 5.74) is 2.13. The summed E-state index contributed by atoms with van der Waals surface area (Å²) in [4.78, 5) is 0. The zero-order valence-electron chi connectivity index (χ0n) is 6.91. The molecule has 0 heterocycles. The Morgan fingerprint density at radius 2 is 2.09 bits per heavy atom. The molecule has 1 aromatic carbocycles. The molecule has 11 heavy (non-hydrogen) atoms. The average Bonchev–Trinajstić information content (AvgIpc) is 2.05. The minimum atomic E-state index is 0.523. The lowest BCUT2D eigenvalue weighted by atomic mass is 9.86. The molecule has 0 unspecified atom stereocenters. The van der Waals surface area contributed by atoms with E-state index in [-0.39, 0.29) is 0 Å². The van der Waals surface area contributed by atoms with Crippen LogP contribution in [-0.4, -0.2) is 12.5 Å². The van der Waals surface area contributed by atoms with Crippen molar-refractivity contribution in [1.82, 2.24) is 0 Å². The van der Waals surface area contributed by atoms with E-state index in [4.69, 9.17) is 5.02 Å². The second kappa shape index (κ2) is 3.58. The molecule has 0 atom stereocenters. The maximum atomic E-state index is 8.72. The first-order chi connectivity index (χ1) is 5.24. The minimum Gasteiger partial charge on any atom is -0.450 e. The highest BCUT2D eigenvalue weighted by Crippen LogP contribution is 2.10. The van der Waals surface area contributed by atoms with Crippen LogP contribution in [0.25, 0.3) is 0 Å². The number of hydrogen-bond acceptors (Lipinski definition) is 1. The van der Waals surface area contributed by atoms with Crippen molar-refractivity contribution in [2.45, 2.75) is 19.8 Å². The van der Waals surface area contributed by atoms with E-state index in [0.717, 1.165) is 12.9 Å². The normalized spacial score (nSPS) is 10.2. The lowest BCUT2D eigenvalue weighted by Gasteiger charge is -2.05. The lowest BCUT2D eigenvalue weighted by molar-refractivity contribution is 0.615. The van der Waals surface area contributed by atoms with E-state index in [1.165, 1.54) is 5.56 Å². The van der Waals surface area contributed by atoms with Gasteiger partial charge in [0.1, 0.15) is 0 Å². The Balaban J connectivity index is 2.91. The molecule has 0 saturated carbocycles. The van der Waals surface area contributed by atoms with Gasteiger partial charge in [0.25, 0.3) is 0 Å². The Morgan fingerprint density at radius 3 is 2.64 bits per heavy atom. The minimum absolute atomic E-state index is 0.523. The third-order valence-electron chi connectivity index (χ3n) is 1.73. The van der Waals surface area contributed by atoms with E-state index in [2.05, 4.69) is 19.9 Å². The smallest absolute Gasteiger partial charge is 0.326 e. The molecule has 0 bridgehead atoms. The summed E-state index contributed by atoms with van der Waals surface area (Å²) in [6, 6.07) is 7.89. The van der Waals surface area contributed by atoms with Gasteiger partial charge in [-0.25, -0.2) is 0 Å². The van der Waals surface area contributed by atoms with E-state index < -0.39 is 0 Å². The van der Waals surface area contributed by atoms with Crippen LogP contribution < -0.4 is 5.46 Å². The van der Waals surface area contributed by atoms with Gasteiger partial charge in [0, 0.05) is 0 Å². The molecule has 1 aromatic rings. The summed E-state index contributed by atoms with van der Waals surface area (Å²) in [5, 5.41) is 8.72. The monoisotopic (exact) mass is 147 g/mol. The zero-order valence-corrected chi connectivity index (χ0v) is 6.91. The molecule has 0 aliphatic heterocycles. The molecule has 2 heteroatoms. The van der Waals surface area contributed by atoms with Gasteiger partial charge in [-0.05, 0) is 11.5 Å². The van der Waals surface area contributed by atoms with Crippen LogP contribution in [0.5, 0.6) is 0 Å². The first-order valence-corrected chi connectivity index (χ1v) is 3.81. The molecule has 0 aliphatic rings. The summed E-state index contributed by atoms with van der Waals surface area (Å²) < 4.78 is 0. The molecule has 1 rings (SSSR count). The van der Waals surface area contributed by atoms with Crippen LogP contribution >= 0.6 is 0 Å². The Bertz CT molecular complexity index is 233. The fourth-order valence-corrected chi connectivity index (χ4v) is 0.998. The van der Waals surface area contributed by atoms with Crippen molar-refractivity contribution in [3.05, 3.63) is 29.8 Å². The molecule has 0 amide bonds. The molecular formula is C9H12BO. The predicted molar refractivity (Wildman–Crippen MR) is 48.1 cm³/mol. The van der Waals surface area contributed by atoms with Gasteiger partial charge in [0.2, 0.25) is 0 Å². The first-order valence-electron chi connectivity index (χ1n) is 3.81. The Morgan fingerprint density at radius 1 is 1.36 bits per heavy atom.